The Labute approximate surface area is 81.1 Å². The van der Waals surface area contributed by atoms with E-state index in [1.807, 2.05) is 0 Å². The summed E-state index contributed by atoms with van der Waals surface area (Å²) >= 11 is 0. The van der Waals surface area contributed by atoms with Crippen LogP contribution in [0.4, 0.5) is 11.6 Å². The smallest absolute Gasteiger partial charge is 0.130 e. The molecule has 74 valence electrons. The van der Waals surface area contributed by atoms with Crippen molar-refractivity contribution in [1.82, 2.24) is 19.6 Å². The lowest BCUT2D eigenvalue weighted by atomic mass is 10.2. The zero-order valence-corrected chi connectivity index (χ0v) is 8.10. The maximum atomic E-state index is 5.80. The number of hydrogen-bond donors (Lipinski definition) is 2. The molecule has 0 atom stereocenters. The summed E-state index contributed by atoms with van der Waals surface area (Å²) < 4.78 is 3.20. The summed E-state index contributed by atoms with van der Waals surface area (Å²) in [5, 5.41) is 8.25. The molecule has 6 heteroatoms. The number of anilines is 2. The van der Waals surface area contributed by atoms with E-state index in [2.05, 4.69) is 10.2 Å². The van der Waals surface area contributed by atoms with E-state index < -0.39 is 0 Å². The van der Waals surface area contributed by atoms with Crippen LogP contribution in [0, 0.1) is 0 Å². The third kappa shape index (κ3) is 1.12. The quantitative estimate of drug-likeness (QED) is 0.665. The maximum absolute atomic E-state index is 5.80. The fraction of sp³-hybridized carbons (Fsp3) is 0.250. The normalized spacial score (nSPS) is 10.7. The molecule has 2 heterocycles. The first-order valence-corrected chi connectivity index (χ1v) is 4.17. The van der Waals surface area contributed by atoms with E-state index in [9.17, 15) is 0 Å². The van der Waals surface area contributed by atoms with E-state index >= 15 is 0 Å². The lowest BCUT2D eigenvalue weighted by molar-refractivity contribution is 0.778. The molecule has 14 heavy (non-hydrogen) atoms. The van der Waals surface area contributed by atoms with Gasteiger partial charge in [0.15, 0.2) is 0 Å². The number of hydrogen-bond acceptors (Lipinski definition) is 4. The Morgan fingerprint density at radius 3 is 2.36 bits per heavy atom. The Balaban J connectivity index is 2.54. The molecule has 4 N–H and O–H groups in total. The molecule has 0 aliphatic carbocycles. The highest BCUT2D eigenvalue weighted by Gasteiger charge is 2.11. The molecule has 0 bridgehead atoms. The first kappa shape index (κ1) is 8.61. The predicted octanol–water partition coefficient (Wildman–Crippen LogP) is -0.0150. The van der Waals surface area contributed by atoms with Crippen LogP contribution in [0.25, 0.3) is 11.3 Å². The highest BCUT2D eigenvalue weighted by molar-refractivity contribution is 5.72. The molecule has 0 saturated heterocycles. The second-order valence-corrected chi connectivity index (χ2v) is 3.15. The number of aryl methyl sites for hydroxylation is 2. The van der Waals surface area contributed by atoms with Gasteiger partial charge in [-0.2, -0.15) is 10.2 Å². The van der Waals surface area contributed by atoms with Gasteiger partial charge in [-0.3, -0.25) is 9.36 Å². The van der Waals surface area contributed by atoms with Crippen LogP contribution in [0.5, 0.6) is 0 Å². The monoisotopic (exact) mass is 192 g/mol. The van der Waals surface area contributed by atoms with Crippen LogP contribution < -0.4 is 11.5 Å². The zero-order chi connectivity index (χ0) is 10.3. The van der Waals surface area contributed by atoms with Gasteiger partial charge < -0.3 is 11.5 Å². The Hall–Kier alpha value is -1.98. The van der Waals surface area contributed by atoms with E-state index in [0.717, 1.165) is 11.3 Å². The van der Waals surface area contributed by atoms with E-state index in [0.29, 0.717) is 11.6 Å². The molecule has 2 rings (SSSR count). The van der Waals surface area contributed by atoms with Gasteiger partial charge in [-0.15, -0.1) is 0 Å². The summed E-state index contributed by atoms with van der Waals surface area (Å²) in [6.45, 7) is 0. The minimum atomic E-state index is 0.586. The van der Waals surface area contributed by atoms with Crippen LogP contribution >= 0.6 is 0 Å². The number of nitrogen functional groups attached to an aromatic ring is 2. The van der Waals surface area contributed by atoms with Gasteiger partial charge >= 0.3 is 0 Å². The van der Waals surface area contributed by atoms with E-state index in [1.54, 1.807) is 35.7 Å². The molecule has 0 amide bonds. The Morgan fingerprint density at radius 1 is 1.21 bits per heavy atom. The molecule has 2 aromatic rings. The van der Waals surface area contributed by atoms with Crippen molar-refractivity contribution in [2.45, 2.75) is 0 Å². The lowest BCUT2D eigenvalue weighted by Gasteiger charge is -1.95. The van der Waals surface area contributed by atoms with Crippen LogP contribution in [0.15, 0.2) is 12.3 Å². The molecule has 0 spiro atoms. The van der Waals surface area contributed by atoms with Gasteiger partial charge in [-0.1, -0.05) is 0 Å². The van der Waals surface area contributed by atoms with Gasteiger partial charge in [0.2, 0.25) is 0 Å². The summed E-state index contributed by atoms with van der Waals surface area (Å²) in [4.78, 5) is 0. The summed E-state index contributed by atoms with van der Waals surface area (Å²) in [5.74, 6) is 1.19. The molecule has 0 unspecified atom stereocenters. The van der Waals surface area contributed by atoms with Crippen LogP contribution in [0.1, 0.15) is 0 Å². The summed E-state index contributed by atoms with van der Waals surface area (Å²) in [6.07, 6.45) is 1.68. The first-order chi connectivity index (χ1) is 6.59. The summed E-state index contributed by atoms with van der Waals surface area (Å²) in [5.41, 5.74) is 13.0. The third-order valence-electron chi connectivity index (χ3n) is 2.18. The Morgan fingerprint density at radius 2 is 1.93 bits per heavy atom. The second-order valence-electron chi connectivity index (χ2n) is 3.15. The van der Waals surface area contributed by atoms with Gasteiger partial charge in [-0.05, 0) is 0 Å². The molecule has 0 fully saturated rings. The SMILES string of the molecule is Cn1nc(-c2cnn(C)c2N)cc1N. The number of rotatable bonds is 1. The van der Waals surface area contributed by atoms with Crippen molar-refractivity contribution >= 4 is 11.6 Å². The molecule has 2 aromatic heterocycles. The van der Waals surface area contributed by atoms with Crippen LogP contribution in [0.3, 0.4) is 0 Å². The predicted molar refractivity (Wildman–Crippen MR) is 54.2 cm³/mol. The molecule has 0 aromatic carbocycles. The lowest BCUT2D eigenvalue weighted by Crippen LogP contribution is -1.98. The number of nitrogens with two attached hydrogens (primary N) is 2. The van der Waals surface area contributed by atoms with E-state index in [4.69, 9.17) is 11.5 Å². The zero-order valence-electron chi connectivity index (χ0n) is 8.10. The standard InChI is InChI=1S/C8H12N6/c1-13-7(9)3-6(12-13)5-4-11-14(2)8(5)10/h3-4H,9-10H2,1-2H3. The summed E-state index contributed by atoms with van der Waals surface area (Å²) in [6, 6.07) is 1.77. The molecule has 6 nitrogen and oxygen atoms in total. The van der Waals surface area contributed by atoms with Gasteiger partial charge in [0.05, 0.1) is 17.5 Å². The van der Waals surface area contributed by atoms with Gasteiger partial charge in [0.25, 0.3) is 0 Å². The van der Waals surface area contributed by atoms with E-state index in [-0.39, 0.29) is 0 Å². The van der Waals surface area contributed by atoms with Crippen LogP contribution in [-0.2, 0) is 14.1 Å². The molecular formula is C8H12N6. The van der Waals surface area contributed by atoms with Crippen molar-refractivity contribution in [3.05, 3.63) is 12.3 Å². The maximum Gasteiger partial charge on any atom is 0.130 e. The summed E-state index contributed by atoms with van der Waals surface area (Å²) in [7, 11) is 3.57. The van der Waals surface area contributed by atoms with Gasteiger partial charge in [-0.25, -0.2) is 0 Å². The van der Waals surface area contributed by atoms with Crippen molar-refractivity contribution in [3.8, 4) is 11.3 Å². The highest BCUT2D eigenvalue weighted by Crippen LogP contribution is 2.24. The minimum Gasteiger partial charge on any atom is -0.384 e. The minimum absolute atomic E-state index is 0.586. The topological polar surface area (TPSA) is 87.7 Å². The first-order valence-electron chi connectivity index (χ1n) is 4.17. The number of nitrogens with zero attached hydrogens (tertiary/aromatic N) is 4. The van der Waals surface area contributed by atoms with E-state index in [1.165, 1.54) is 0 Å². The van der Waals surface area contributed by atoms with Crippen molar-refractivity contribution < 1.29 is 0 Å². The molecule has 0 saturated carbocycles. The van der Waals surface area contributed by atoms with Crippen molar-refractivity contribution in [2.24, 2.45) is 14.1 Å². The highest BCUT2D eigenvalue weighted by atomic mass is 15.3. The fourth-order valence-corrected chi connectivity index (χ4v) is 1.26. The van der Waals surface area contributed by atoms with Crippen molar-refractivity contribution in [2.75, 3.05) is 11.5 Å². The fourth-order valence-electron chi connectivity index (χ4n) is 1.26. The van der Waals surface area contributed by atoms with Crippen LogP contribution in [-0.4, -0.2) is 19.6 Å². The van der Waals surface area contributed by atoms with Crippen molar-refractivity contribution in [1.29, 1.82) is 0 Å². The molecule has 0 aliphatic heterocycles. The molecule has 0 aliphatic rings. The Kier molecular flexibility index (Phi) is 1.70. The third-order valence-corrected chi connectivity index (χ3v) is 2.18. The van der Waals surface area contributed by atoms with Crippen LogP contribution in [0.2, 0.25) is 0 Å². The Bertz CT molecular complexity index is 447. The average Bonchev–Trinajstić information content (AvgIpc) is 2.61. The van der Waals surface area contributed by atoms with Gasteiger partial charge in [0, 0.05) is 20.2 Å². The molecule has 0 radical (unpaired) electrons. The second kappa shape index (κ2) is 2.76. The van der Waals surface area contributed by atoms with Gasteiger partial charge in [0.1, 0.15) is 11.6 Å². The molecular weight excluding hydrogens is 180 g/mol. The largest absolute Gasteiger partial charge is 0.384 e. The average molecular weight is 192 g/mol. The van der Waals surface area contributed by atoms with Crippen molar-refractivity contribution in [3.63, 3.8) is 0 Å². The number of aromatic nitrogens is 4.